The van der Waals surface area contributed by atoms with Gasteiger partial charge in [-0.2, -0.15) is 0 Å². The molecule has 0 saturated heterocycles. The number of para-hydroxylation sites is 4. The van der Waals surface area contributed by atoms with E-state index in [1.54, 1.807) is 24.8 Å². The summed E-state index contributed by atoms with van der Waals surface area (Å²) in [4.78, 5) is 17.9. The van der Waals surface area contributed by atoms with Gasteiger partial charge in [0, 0.05) is 60.8 Å². The zero-order chi connectivity index (χ0) is 23.0. The standard InChI is InChI=1S/C28H22N6/c1-2-6-26-25(5-1)31-17-23(21-9-13-29-14-10-21)19-33-27-7-3-4-8-28(27)34-20-24(18-32-26)22-11-15-30-16-12-22/h1-20,31,34H. The number of allylic oxidation sites excluding steroid dienone is 2. The van der Waals surface area contributed by atoms with Gasteiger partial charge in [-0.1, -0.05) is 24.3 Å². The fourth-order valence-electron chi connectivity index (χ4n) is 3.48. The van der Waals surface area contributed by atoms with Crippen LogP contribution in [0.4, 0.5) is 22.7 Å². The lowest BCUT2D eigenvalue weighted by atomic mass is 10.1. The molecule has 3 heterocycles. The molecule has 0 amide bonds. The lowest BCUT2D eigenvalue weighted by molar-refractivity contribution is 1.32. The van der Waals surface area contributed by atoms with E-state index < -0.39 is 0 Å². The van der Waals surface area contributed by atoms with E-state index in [0.717, 1.165) is 45.0 Å². The van der Waals surface area contributed by atoms with Crippen molar-refractivity contribution in [1.29, 1.82) is 0 Å². The van der Waals surface area contributed by atoms with Crippen LogP contribution in [0.1, 0.15) is 11.1 Å². The van der Waals surface area contributed by atoms with Crippen molar-refractivity contribution >= 4 is 46.3 Å². The molecule has 2 N–H and O–H groups in total. The number of aliphatic imine (C=N–C) groups is 2. The molecular weight excluding hydrogens is 420 g/mol. The second-order valence-corrected chi connectivity index (χ2v) is 7.51. The largest absolute Gasteiger partial charge is 0.359 e. The van der Waals surface area contributed by atoms with Crippen LogP contribution in [0, 0.1) is 0 Å². The van der Waals surface area contributed by atoms with Crippen molar-refractivity contribution in [2.24, 2.45) is 9.98 Å². The van der Waals surface area contributed by atoms with Crippen molar-refractivity contribution in [2.75, 3.05) is 10.6 Å². The number of pyridine rings is 2. The molecule has 0 unspecified atom stereocenters. The van der Waals surface area contributed by atoms with E-state index in [0.29, 0.717) is 0 Å². The molecule has 164 valence electrons. The first-order valence-electron chi connectivity index (χ1n) is 10.9. The minimum absolute atomic E-state index is 0.821. The third-order valence-electron chi connectivity index (χ3n) is 5.29. The normalized spacial score (nSPS) is 13.3. The number of rotatable bonds is 2. The first-order chi connectivity index (χ1) is 16.9. The van der Waals surface area contributed by atoms with Crippen molar-refractivity contribution in [3.05, 3.63) is 121 Å². The maximum atomic E-state index is 4.80. The van der Waals surface area contributed by atoms with Crippen molar-refractivity contribution in [3.63, 3.8) is 0 Å². The van der Waals surface area contributed by atoms with Crippen LogP contribution in [0.5, 0.6) is 0 Å². The highest BCUT2D eigenvalue weighted by molar-refractivity contribution is 6.12. The summed E-state index contributed by atoms with van der Waals surface area (Å²) in [5.41, 5.74) is 7.26. The first kappa shape index (κ1) is 21.0. The second-order valence-electron chi connectivity index (χ2n) is 7.51. The molecule has 6 nitrogen and oxygen atoms in total. The summed E-state index contributed by atoms with van der Waals surface area (Å²) < 4.78 is 0. The molecule has 5 rings (SSSR count). The third kappa shape index (κ3) is 4.97. The molecule has 0 atom stereocenters. The number of nitrogens with one attached hydrogen (secondary N) is 2. The molecule has 2 aromatic heterocycles. The van der Waals surface area contributed by atoms with Crippen LogP contribution in [-0.4, -0.2) is 22.4 Å². The van der Waals surface area contributed by atoms with Gasteiger partial charge in [0.15, 0.2) is 0 Å². The minimum atomic E-state index is 0.821. The Morgan fingerprint density at radius 3 is 1.32 bits per heavy atom. The van der Waals surface area contributed by atoms with Crippen molar-refractivity contribution in [2.45, 2.75) is 0 Å². The van der Waals surface area contributed by atoms with E-state index in [2.05, 4.69) is 20.6 Å². The topological polar surface area (TPSA) is 74.6 Å². The Labute approximate surface area is 198 Å². The van der Waals surface area contributed by atoms with E-state index in [1.165, 1.54) is 0 Å². The van der Waals surface area contributed by atoms with Gasteiger partial charge in [0.05, 0.1) is 22.7 Å². The molecule has 0 saturated carbocycles. The van der Waals surface area contributed by atoms with Crippen LogP contribution in [0.2, 0.25) is 0 Å². The zero-order valence-corrected chi connectivity index (χ0v) is 18.3. The Hall–Kier alpha value is -4.84. The van der Waals surface area contributed by atoms with Crippen LogP contribution in [0.15, 0.2) is 120 Å². The van der Waals surface area contributed by atoms with Gasteiger partial charge in [0.1, 0.15) is 0 Å². The molecule has 0 radical (unpaired) electrons. The molecule has 0 bridgehead atoms. The Morgan fingerprint density at radius 2 is 0.882 bits per heavy atom. The third-order valence-corrected chi connectivity index (χ3v) is 5.29. The SMILES string of the molecule is C1=Nc2ccccc2NC=C(c2ccncc2)C=Nc2ccccc2NC=C1c1ccncc1. The quantitative estimate of drug-likeness (QED) is 0.371. The fraction of sp³-hybridized carbons (Fsp3) is 0. The summed E-state index contributed by atoms with van der Waals surface area (Å²) in [5.74, 6) is 0. The predicted octanol–water partition coefficient (Wildman–Crippen LogP) is 6.50. The monoisotopic (exact) mass is 442 g/mol. The van der Waals surface area contributed by atoms with Gasteiger partial charge in [-0.25, -0.2) is 0 Å². The molecule has 2 aromatic carbocycles. The molecule has 0 spiro atoms. The van der Waals surface area contributed by atoms with Crippen LogP contribution in [-0.2, 0) is 0 Å². The molecule has 34 heavy (non-hydrogen) atoms. The summed E-state index contributed by atoms with van der Waals surface area (Å²) in [7, 11) is 0. The Kier molecular flexibility index (Phi) is 6.30. The van der Waals surface area contributed by atoms with Crippen LogP contribution >= 0.6 is 0 Å². The van der Waals surface area contributed by atoms with E-state index in [9.17, 15) is 0 Å². The van der Waals surface area contributed by atoms with Gasteiger partial charge in [-0.15, -0.1) is 0 Å². The van der Waals surface area contributed by atoms with Crippen molar-refractivity contribution < 1.29 is 0 Å². The minimum Gasteiger partial charge on any atom is -0.359 e. The van der Waals surface area contributed by atoms with E-state index >= 15 is 0 Å². The highest BCUT2D eigenvalue weighted by atomic mass is 14.9. The van der Waals surface area contributed by atoms with Crippen molar-refractivity contribution in [3.8, 4) is 0 Å². The van der Waals surface area contributed by atoms with Crippen molar-refractivity contribution in [1.82, 2.24) is 9.97 Å². The summed E-state index contributed by atoms with van der Waals surface area (Å²) in [6.45, 7) is 0. The lowest BCUT2D eigenvalue weighted by Gasteiger charge is -2.11. The number of hydrogen-bond donors (Lipinski definition) is 2. The maximum absolute atomic E-state index is 4.80. The van der Waals surface area contributed by atoms with Crippen LogP contribution < -0.4 is 10.6 Å². The maximum Gasteiger partial charge on any atom is 0.0864 e. The number of anilines is 2. The van der Waals surface area contributed by atoms with E-state index in [1.807, 2.05) is 97.6 Å². The van der Waals surface area contributed by atoms with Gasteiger partial charge in [-0.05, 0) is 59.7 Å². The highest BCUT2D eigenvalue weighted by Gasteiger charge is 2.06. The number of benzene rings is 2. The molecular formula is C28H22N6. The molecule has 6 heteroatoms. The molecule has 1 aliphatic rings. The summed E-state index contributed by atoms with van der Waals surface area (Å²) >= 11 is 0. The van der Waals surface area contributed by atoms with Gasteiger partial charge >= 0.3 is 0 Å². The van der Waals surface area contributed by atoms with E-state index in [4.69, 9.17) is 9.98 Å². The highest BCUT2D eigenvalue weighted by Crippen LogP contribution is 2.28. The lowest BCUT2D eigenvalue weighted by Crippen LogP contribution is -1.97. The average molecular weight is 443 g/mol. The number of fused-ring (bicyclic) bond motifs is 2. The van der Waals surface area contributed by atoms with Crippen LogP contribution in [0.25, 0.3) is 11.1 Å². The Balaban J connectivity index is 1.64. The van der Waals surface area contributed by atoms with Gasteiger partial charge in [0.25, 0.3) is 0 Å². The molecule has 4 aromatic rings. The van der Waals surface area contributed by atoms with Gasteiger partial charge < -0.3 is 10.6 Å². The predicted molar refractivity (Wildman–Crippen MR) is 141 cm³/mol. The van der Waals surface area contributed by atoms with Gasteiger partial charge in [-0.3, -0.25) is 20.0 Å². The number of hydrogen-bond acceptors (Lipinski definition) is 6. The molecule has 0 aliphatic carbocycles. The number of nitrogens with zero attached hydrogens (tertiary/aromatic N) is 4. The Bertz CT molecular complexity index is 1280. The number of aromatic nitrogens is 2. The molecule has 1 aliphatic heterocycles. The van der Waals surface area contributed by atoms with Gasteiger partial charge in [0.2, 0.25) is 0 Å². The second kappa shape index (κ2) is 10.2. The zero-order valence-electron chi connectivity index (χ0n) is 18.3. The summed E-state index contributed by atoms with van der Waals surface area (Å²) in [6.07, 6.45) is 14.7. The molecule has 0 fully saturated rings. The first-order valence-corrected chi connectivity index (χ1v) is 10.9. The average Bonchev–Trinajstić information content (AvgIpc) is 2.90. The Morgan fingerprint density at radius 1 is 0.471 bits per heavy atom. The smallest absolute Gasteiger partial charge is 0.0864 e. The van der Waals surface area contributed by atoms with Crippen LogP contribution in [0.3, 0.4) is 0 Å². The summed E-state index contributed by atoms with van der Waals surface area (Å²) in [6, 6.07) is 23.7. The summed E-state index contributed by atoms with van der Waals surface area (Å²) in [5, 5.41) is 6.82. The van der Waals surface area contributed by atoms with E-state index in [-0.39, 0.29) is 0 Å². The fourth-order valence-corrected chi connectivity index (χ4v) is 3.48.